The fraction of sp³-hybridized carbons (Fsp3) is 0.333. The number of piperazine rings is 1. The summed E-state index contributed by atoms with van der Waals surface area (Å²) in [6.07, 6.45) is -0.472. The first kappa shape index (κ1) is 18.9. The number of halogens is 1. The van der Waals surface area contributed by atoms with Crippen LogP contribution in [0.1, 0.15) is 18.6 Å². The maximum absolute atomic E-state index is 13.1. The topological polar surface area (TPSA) is 26.7 Å². The average Bonchev–Trinajstić information content (AvgIpc) is 2.74. The molecule has 28 heavy (non-hydrogen) atoms. The van der Waals surface area contributed by atoms with Crippen LogP contribution in [0.3, 0.4) is 0 Å². The molecular formula is C24H27FN2O. The predicted molar refractivity (Wildman–Crippen MR) is 113 cm³/mol. The van der Waals surface area contributed by atoms with Crippen LogP contribution in [0.5, 0.6) is 0 Å². The van der Waals surface area contributed by atoms with Gasteiger partial charge >= 0.3 is 0 Å². The molecule has 1 aliphatic rings. The van der Waals surface area contributed by atoms with E-state index in [-0.39, 0.29) is 11.7 Å². The van der Waals surface area contributed by atoms with Crippen LogP contribution in [0.4, 0.5) is 10.1 Å². The molecule has 0 saturated carbocycles. The van der Waals surface area contributed by atoms with Gasteiger partial charge < -0.3 is 10.0 Å². The molecule has 0 radical (unpaired) electrons. The van der Waals surface area contributed by atoms with Gasteiger partial charge in [-0.2, -0.15) is 0 Å². The summed E-state index contributed by atoms with van der Waals surface area (Å²) in [6, 6.07) is 21.2. The maximum Gasteiger partial charge on any atom is 0.123 e. The zero-order valence-electron chi connectivity index (χ0n) is 16.3. The van der Waals surface area contributed by atoms with Gasteiger partial charge in [0, 0.05) is 38.4 Å². The van der Waals surface area contributed by atoms with Crippen LogP contribution in [-0.2, 0) is 0 Å². The molecule has 1 saturated heterocycles. The summed E-state index contributed by atoms with van der Waals surface area (Å²) < 4.78 is 13.1. The highest BCUT2D eigenvalue weighted by molar-refractivity contribution is 5.83. The monoisotopic (exact) mass is 378 g/mol. The van der Waals surface area contributed by atoms with Gasteiger partial charge in [0.25, 0.3) is 0 Å². The van der Waals surface area contributed by atoms with Crippen LogP contribution in [0.2, 0.25) is 0 Å². The van der Waals surface area contributed by atoms with Gasteiger partial charge in [-0.3, -0.25) is 4.90 Å². The zero-order chi connectivity index (χ0) is 19.5. The Balaban J connectivity index is 1.34. The number of anilines is 1. The van der Waals surface area contributed by atoms with Gasteiger partial charge in [-0.1, -0.05) is 43.3 Å². The molecular weight excluding hydrogens is 351 g/mol. The lowest BCUT2D eigenvalue weighted by Gasteiger charge is -2.37. The van der Waals surface area contributed by atoms with Crippen LogP contribution in [0, 0.1) is 11.7 Å². The van der Waals surface area contributed by atoms with Gasteiger partial charge in [0.15, 0.2) is 0 Å². The molecule has 4 rings (SSSR count). The summed E-state index contributed by atoms with van der Waals surface area (Å²) in [5.41, 5.74) is 2.06. The molecule has 1 N–H and O–H groups in total. The van der Waals surface area contributed by atoms with Gasteiger partial charge in [-0.25, -0.2) is 4.39 Å². The lowest BCUT2D eigenvalue weighted by Crippen LogP contribution is -2.48. The van der Waals surface area contributed by atoms with E-state index in [2.05, 4.69) is 41.0 Å². The third kappa shape index (κ3) is 4.18. The van der Waals surface area contributed by atoms with Crippen LogP contribution in [-0.4, -0.2) is 42.7 Å². The molecule has 3 aromatic rings. The molecule has 2 atom stereocenters. The first-order valence-corrected chi connectivity index (χ1v) is 10.00. The third-order valence-electron chi connectivity index (χ3n) is 5.76. The Morgan fingerprint density at radius 2 is 1.57 bits per heavy atom. The lowest BCUT2D eigenvalue weighted by atomic mass is 9.94. The Morgan fingerprint density at radius 3 is 2.29 bits per heavy atom. The van der Waals surface area contributed by atoms with E-state index in [1.54, 1.807) is 0 Å². The van der Waals surface area contributed by atoms with E-state index in [9.17, 15) is 9.50 Å². The molecule has 3 nitrogen and oxygen atoms in total. The van der Waals surface area contributed by atoms with Crippen molar-refractivity contribution >= 4 is 16.5 Å². The second kappa shape index (κ2) is 8.29. The molecule has 146 valence electrons. The number of hydrogen-bond acceptors (Lipinski definition) is 3. The Hall–Kier alpha value is -2.43. The standard InChI is InChI=1S/C24H27FN2O/c1-18(24(28)21-7-6-19-4-2-3-5-20(19)16-21)17-26-12-14-27(15-13-26)23-10-8-22(25)9-11-23/h2-11,16,18,24,28H,12-15,17H2,1H3/t18-,24?/m0/s1. The van der Waals surface area contributed by atoms with E-state index in [1.807, 2.05) is 30.3 Å². The molecule has 3 aromatic carbocycles. The molecule has 0 aliphatic carbocycles. The van der Waals surface area contributed by atoms with Crippen LogP contribution in [0.25, 0.3) is 10.8 Å². The highest BCUT2D eigenvalue weighted by atomic mass is 19.1. The van der Waals surface area contributed by atoms with Crippen LogP contribution in [0.15, 0.2) is 66.7 Å². The normalized spacial score (nSPS) is 17.6. The number of aliphatic hydroxyl groups is 1. The smallest absolute Gasteiger partial charge is 0.123 e. The molecule has 1 heterocycles. The SMILES string of the molecule is C[C@@H](CN1CCN(c2ccc(F)cc2)CC1)C(O)c1ccc2ccccc2c1. The number of aliphatic hydroxyl groups excluding tert-OH is 1. The summed E-state index contributed by atoms with van der Waals surface area (Å²) in [6.45, 7) is 6.73. The van der Waals surface area contributed by atoms with Crippen molar-refractivity contribution in [1.29, 1.82) is 0 Å². The van der Waals surface area contributed by atoms with E-state index in [4.69, 9.17) is 0 Å². The quantitative estimate of drug-likeness (QED) is 0.710. The van der Waals surface area contributed by atoms with Crippen LogP contribution >= 0.6 is 0 Å². The van der Waals surface area contributed by atoms with E-state index >= 15 is 0 Å². The second-order valence-corrected chi connectivity index (χ2v) is 7.79. The highest BCUT2D eigenvalue weighted by Crippen LogP contribution is 2.27. The molecule has 0 spiro atoms. The fourth-order valence-corrected chi connectivity index (χ4v) is 4.07. The zero-order valence-corrected chi connectivity index (χ0v) is 16.3. The Morgan fingerprint density at radius 1 is 0.893 bits per heavy atom. The number of fused-ring (bicyclic) bond motifs is 1. The minimum absolute atomic E-state index is 0.151. The summed E-state index contributed by atoms with van der Waals surface area (Å²) in [7, 11) is 0. The van der Waals surface area contributed by atoms with Crippen molar-refractivity contribution in [2.24, 2.45) is 5.92 Å². The van der Waals surface area contributed by atoms with Gasteiger partial charge in [0.2, 0.25) is 0 Å². The minimum Gasteiger partial charge on any atom is -0.388 e. The Bertz CT molecular complexity index is 919. The van der Waals surface area contributed by atoms with Crippen molar-refractivity contribution in [3.8, 4) is 0 Å². The van der Waals surface area contributed by atoms with Crippen molar-refractivity contribution in [2.45, 2.75) is 13.0 Å². The second-order valence-electron chi connectivity index (χ2n) is 7.79. The van der Waals surface area contributed by atoms with Gasteiger partial charge in [-0.05, 0) is 52.6 Å². The first-order valence-electron chi connectivity index (χ1n) is 10.00. The number of rotatable bonds is 5. The highest BCUT2D eigenvalue weighted by Gasteiger charge is 2.23. The molecule has 0 bridgehead atoms. The maximum atomic E-state index is 13.1. The predicted octanol–water partition coefficient (Wildman–Crippen LogP) is 4.47. The molecule has 1 unspecified atom stereocenters. The summed E-state index contributed by atoms with van der Waals surface area (Å²) in [4.78, 5) is 4.70. The number of hydrogen-bond donors (Lipinski definition) is 1. The summed E-state index contributed by atoms with van der Waals surface area (Å²) in [5, 5.41) is 13.2. The third-order valence-corrected chi connectivity index (χ3v) is 5.76. The summed E-state index contributed by atoms with van der Waals surface area (Å²) >= 11 is 0. The van der Waals surface area contributed by atoms with E-state index in [0.717, 1.165) is 44.0 Å². The molecule has 0 aromatic heterocycles. The average molecular weight is 378 g/mol. The van der Waals surface area contributed by atoms with E-state index < -0.39 is 6.10 Å². The van der Waals surface area contributed by atoms with Crippen molar-refractivity contribution < 1.29 is 9.50 Å². The van der Waals surface area contributed by atoms with E-state index in [1.165, 1.54) is 22.9 Å². The Kier molecular flexibility index (Phi) is 5.60. The molecule has 1 fully saturated rings. The van der Waals surface area contributed by atoms with Gasteiger partial charge in [0.05, 0.1) is 6.10 Å². The molecule has 0 amide bonds. The minimum atomic E-state index is -0.472. The van der Waals surface area contributed by atoms with Crippen molar-refractivity contribution in [1.82, 2.24) is 4.90 Å². The van der Waals surface area contributed by atoms with Crippen molar-refractivity contribution in [2.75, 3.05) is 37.6 Å². The Labute approximate surface area is 166 Å². The van der Waals surface area contributed by atoms with Crippen molar-refractivity contribution in [3.63, 3.8) is 0 Å². The van der Waals surface area contributed by atoms with Gasteiger partial charge in [0.1, 0.15) is 5.82 Å². The molecule has 4 heteroatoms. The summed E-state index contributed by atoms with van der Waals surface area (Å²) in [5.74, 6) is -0.0441. The van der Waals surface area contributed by atoms with Crippen molar-refractivity contribution in [3.05, 3.63) is 78.1 Å². The van der Waals surface area contributed by atoms with Crippen LogP contribution < -0.4 is 4.90 Å². The lowest BCUT2D eigenvalue weighted by molar-refractivity contribution is 0.0864. The molecule has 1 aliphatic heterocycles. The fourth-order valence-electron chi connectivity index (χ4n) is 4.07. The van der Waals surface area contributed by atoms with Gasteiger partial charge in [-0.15, -0.1) is 0 Å². The number of benzene rings is 3. The number of nitrogens with zero attached hydrogens (tertiary/aromatic N) is 2. The first-order chi connectivity index (χ1) is 13.6. The largest absolute Gasteiger partial charge is 0.388 e. The van der Waals surface area contributed by atoms with E-state index in [0.29, 0.717) is 0 Å².